The van der Waals surface area contributed by atoms with Crippen molar-refractivity contribution in [1.82, 2.24) is 9.94 Å². The summed E-state index contributed by atoms with van der Waals surface area (Å²) in [6.07, 6.45) is 1.95. The van der Waals surface area contributed by atoms with E-state index in [1.165, 1.54) is 11.0 Å². The highest BCUT2D eigenvalue weighted by Gasteiger charge is 2.14. The second kappa shape index (κ2) is 5.35. The first-order valence-electron chi connectivity index (χ1n) is 5.69. The fraction of sp³-hybridized carbons (Fsp3) is 0.231. The molecule has 1 N–H and O–H groups in total. The predicted molar refractivity (Wildman–Crippen MR) is 65.3 cm³/mol. The lowest BCUT2D eigenvalue weighted by Gasteiger charge is -2.04. The van der Waals surface area contributed by atoms with Crippen molar-refractivity contribution in [3.63, 3.8) is 0 Å². The van der Waals surface area contributed by atoms with Crippen molar-refractivity contribution in [1.29, 1.82) is 0 Å². The zero-order chi connectivity index (χ0) is 13.0. The van der Waals surface area contributed by atoms with Gasteiger partial charge in [0, 0.05) is 0 Å². The van der Waals surface area contributed by atoms with E-state index in [0.717, 1.165) is 5.56 Å². The molecule has 0 unspecified atom stereocenters. The lowest BCUT2D eigenvalue weighted by atomic mass is 10.2. The van der Waals surface area contributed by atoms with Crippen LogP contribution >= 0.6 is 0 Å². The highest BCUT2D eigenvalue weighted by Crippen LogP contribution is 2.07. The summed E-state index contributed by atoms with van der Waals surface area (Å²) in [4.78, 5) is 17.6. The number of hydrogen-bond acceptors (Lipinski definition) is 3. The summed E-state index contributed by atoms with van der Waals surface area (Å²) < 4.78 is 0. The molecule has 5 nitrogen and oxygen atoms in total. The first kappa shape index (κ1) is 12.2. The third-order valence-corrected chi connectivity index (χ3v) is 2.54. The number of aromatic nitrogens is 2. The molecular weight excluding hydrogens is 232 g/mol. The molecule has 0 saturated heterocycles. The molecule has 2 aromatic rings. The van der Waals surface area contributed by atoms with Crippen molar-refractivity contribution >= 4 is 5.97 Å². The second-order valence-electron chi connectivity index (χ2n) is 3.81. The molecule has 2 rings (SSSR count). The summed E-state index contributed by atoms with van der Waals surface area (Å²) in [5.41, 5.74) is 1.71. The minimum Gasteiger partial charge on any atom is -0.478 e. The summed E-state index contributed by atoms with van der Waals surface area (Å²) in [6.45, 7) is 2.21. The molecule has 0 aliphatic rings. The van der Waals surface area contributed by atoms with E-state index < -0.39 is 5.97 Å². The summed E-state index contributed by atoms with van der Waals surface area (Å²) in [5.74, 6) is -0.985. The summed E-state index contributed by atoms with van der Waals surface area (Å²) in [7, 11) is 0. The Bertz CT molecular complexity index is 534. The van der Waals surface area contributed by atoms with E-state index in [-0.39, 0.29) is 5.56 Å². The number of benzene rings is 1. The van der Waals surface area contributed by atoms with Gasteiger partial charge in [0.1, 0.15) is 12.2 Å². The van der Waals surface area contributed by atoms with Crippen LogP contribution in [0.2, 0.25) is 0 Å². The first-order valence-corrected chi connectivity index (χ1v) is 5.69. The minimum absolute atomic E-state index is 0.186. The SMILES string of the molecule is CCc1nn(OCc2ccccc2)cc1C(=O)O. The van der Waals surface area contributed by atoms with Crippen LogP contribution in [0.3, 0.4) is 0 Å². The van der Waals surface area contributed by atoms with E-state index >= 15 is 0 Å². The Morgan fingerprint density at radius 3 is 2.67 bits per heavy atom. The van der Waals surface area contributed by atoms with Gasteiger partial charge in [-0.1, -0.05) is 37.3 Å². The number of rotatable bonds is 5. The van der Waals surface area contributed by atoms with E-state index in [9.17, 15) is 4.79 Å². The lowest BCUT2D eigenvalue weighted by Crippen LogP contribution is -2.11. The van der Waals surface area contributed by atoms with Crippen LogP contribution in [0, 0.1) is 0 Å². The van der Waals surface area contributed by atoms with Crippen molar-refractivity contribution in [3.05, 3.63) is 53.3 Å². The van der Waals surface area contributed by atoms with Gasteiger partial charge in [-0.15, -0.1) is 9.94 Å². The van der Waals surface area contributed by atoms with Crippen LogP contribution in [0.25, 0.3) is 0 Å². The molecule has 0 radical (unpaired) electrons. The molecule has 18 heavy (non-hydrogen) atoms. The summed E-state index contributed by atoms with van der Waals surface area (Å²) in [6, 6.07) is 9.63. The average molecular weight is 246 g/mol. The van der Waals surface area contributed by atoms with Crippen LogP contribution in [0.5, 0.6) is 0 Å². The number of aryl methyl sites for hydroxylation is 1. The number of carboxylic acids is 1. The second-order valence-corrected chi connectivity index (χ2v) is 3.81. The van der Waals surface area contributed by atoms with Gasteiger partial charge in [-0.05, 0) is 12.0 Å². The topological polar surface area (TPSA) is 64.4 Å². The van der Waals surface area contributed by atoms with Crippen molar-refractivity contribution in [2.24, 2.45) is 0 Å². The number of carbonyl (C=O) groups is 1. The number of carboxylic acid groups (broad SMARTS) is 1. The van der Waals surface area contributed by atoms with Crippen LogP contribution in [0.4, 0.5) is 0 Å². The van der Waals surface area contributed by atoms with Crippen molar-refractivity contribution < 1.29 is 14.7 Å². The van der Waals surface area contributed by atoms with Gasteiger partial charge in [-0.2, -0.15) is 0 Å². The van der Waals surface area contributed by atoms with Gasteiger partial charge >= 0.3 is 5.97 Å². The van der Waals surface area contributed by atoms with Gasteiger partial charge in [0.15, 0.2) is 0 Å². The minimum atomic E-state index is -0.985. The van der Waals surface area contributed by atoms with Crippen molar-refractivity contribution in [2.75, 3.05) is 0 Å². The quantitative estimate of drug-likeness (QED) is 0.873. The fourth-order valence-corrected chi connectivity index (χ4v) is 1.61. The molecule has 0 bridgehead atoms. The van der Waals surface area contributed by atoms with Gasteiger partial charge in [0.2, 0.25) is 0 Å². The Morgan fingerprint density at radius 1 is 1.39 bits per heavy atom. The van der Waals surface area contributed by atoms with E-state index in [2.05, 4.69) is 5.10 Å². The molecule has 0 fully saturated rings. The molecule has 1 aromatic carbocycles. The van der Waals surface area contributed by atoms with E-state index in [4.69, 9.17) is 9.94 Å². The fourth-order valence-electron chi connectivity index (χ4n) is 1.61. The molecule has 1 aromatic heterocycles. The average Bonchev–Trinajstić information content (AvgIpc) is 2.81. The Morgan fingerprint density at radius 2 is 2.11 bits per heavy atom. The Kier molecular flexibility index (Phi) is 3.62. The van der Waals surface area contributed by atoms with Gasteiger partial charge < -0.3 is 9.94 Å². The molecule has 0 aliphatic carbocycles. The molecule has 5 heteroatoms. The zero-order valence-electron chi connectivity index (χ0n) is 10.0. The van der Waals surface area contributed by atoms with E-state index in [0.29, 0.717) is 18.7 Å². The molecule has 0 amide bonds. The van der Waals surface area contributed by atoms with Gasteiger partial charge in [0.25, 0.3) is 0 Å². The number of nitrogens with zero attached hydrogens (tertiary/aromatic N) is 2. The number of hydrogen-bond donors (Lipinski definition) is 1. The third-order valence-electron chi connectivity index (χ3n) is 2.54. The highest BCUT2D eigenvalue weighted by molar-refractivity contribution is 5.88. The maximum Gasteiger partial charge on any atom is 0.339 e. The van der Waals surface area contributed by atoms with Gasteiger partial charge in [-0.25, -0.2) is 4.79 Å². The normalized spacial score (nSPS) is 10.3. The molecule has 0 atom stereocenters. The molecule has 1 heterocycles. The summed E-state index contributed by atoms with van der Waals surface area (Å²) in [5, 5.41) is 13.1. The predicted octanol–water partition coefficient (Wildman–Crippen LogP) is 1.77. The van der Waals surface area contributed by atoms with E-state index in [1.807, 2.05) is 37.3 Å². The standard InChI is InChI=1S/C13H14N2O3/c1-2-12-11(13(16)17)8-15(14-12)18-9-10-6-4-3-5-7-10/h3-8H,2,9H2,1H3,(H,16,17). The Labute approximate surface area is 105 Å². The van der Waals surface area contributed by atoms with Crippen LogP contribution in [0.15, 0.2) is 36.5 Å². The van der Waals surface area contributed by atoms with Gasteiger partial charge in [-0.3, -0.25) is 0 Å². The van der Waals surface area contributed by atoms with Crippen LogP contribution in [-0.4, -0.2) is 21.0 Å². The van der Waals surface area contributed by atoms with Gasteiger partial charge in [0.05, 0.1) is 11.9 Å². The number of aromatic carboxylic acids is 1. The Balaban J connectivity index is 2.08. The van der Waals surface area contributed by atoms with Crippen LogP contribution in [0.1, 0.15) is 28.5 Å². The lowest BCUT2D eigenvalue weighted by molar-refractivity contribution is 0.0657. The third kappa shape index (κ3) is 2.68. The molecule has 94 valence electrons. The molecule has 0 saturated carbocycles. The first-order chi connectivity index (χ1) is 8.70. The summed E-state index contributed by atoms with van der Waals surface area (Å²) >= 11 is 0. The zero-order valence-corrected chi connectivity index (χ0v) is 10.0. The van der Waals surface area contributed by atoms with Crippen LogP contribution in [-0.2, 0) is 13.0 Å². The monoisotopic (exact) mass is 246 g/mol. The smallest absolute Gasteiger partial charge is 0.339 e. The maximum absolute atomic E-state index is 11.0. The van der Waals surface area contributed by atoms with Crippen molar-refractivity contribution in [3.8, 4) is 0 Å². The van der Waals surface area contributed by atoms with E-state index in [1.54, 1.807) is 0 Å². The van der Waals surface area contributed by atoms with Crippen molar-refractivity contribution in [2.45, 2.75) is 20.0 Å². The molecule has 0 aliphatic heterocycles. The molecular formula is C13H14N2O3. The largest absolute Gasteiger partial charge is 0.478 e. The Hall–Kier alpha value is -2.30. The molecule has 0 spiro atoms. The maximum atomic E-state index is 11.0. The highest BCUT2D eigenvalue weighted by atomic mass is 16.7. The van der Waals surface area contributed by atoms with Crippen LogP contribution < -0.4 is 4.84 Å².